The van der Waals surface area contributed by atoms with E-state index in [0.717, 1.165) is 36.6 Å². The van der Waals surface area contributed by atoms with Crippen LogP contribution in [-0.4, -0.2) is 19.3 Å². The quantitative estimate of drug-likeness (QED) is 0.219. The Morgan fingerprint density at radius 2 is 1.56 bits per heavy atom. The van der Waals surface area contributed by atoms with Crippen LogP contribution < -0.4 is 10.5 Å². The molecule has 39 heavy (non-hydrogen) atoms. The molecular formula is C35H40ClNO2. The van der Waals surface area contributed by atoms with Gasteiger partial charge >= 0.3 is 0 Å². The second-order valence-electron chi connectivity index (χ2n) is 10.2. The fourth-order valence-corrected chi connectivity index (χ4v) is 4.98. The summed E-state index contributed by atoms with van der Waals surface area (Å²) in [4.78, 5) is 0. The highest BCUT2D eigenvalue weighted by Crippen LogP contribution is 2.26. The van der Waals surface area contributed by atoms with Crippen LogP contribution in [0.3, 0.4) is 0 Å². The van der Waals surface area contributed by atoms with Gasteiger partial charge in [0.15, 0.2) is 0 Å². The molecular weight excluding hydrogens is 502 g/mol. The molecule has 1 heterocycles. The Morgan fingerprint density at radius 1 is 0.872 bits per heavy atom. The molecule has 2 N–H and O–H groups in total. The predicted molar refractivity (Wildman–Crippen MR) is 163 cm³/mol. The maximum absolute atomic E-state index is 6.52. The lowest BCUT2D eigenvalue weighted by molar-refractivity contribution is 0.141. The maximum Gasteiger partial charge on any atom is 0.124 e. The van der Waals surface area contributed by atoms with Crippen molar-refractivity contribution in [1.82, 2.24) is 0 Å². The van der Waals surface area contributed by atoms with E-state index in [1.807, 2.05) is 36.4 Å². The zero-order valence-corrected chi connectivity index (χ0v) is 23.7. The molecule has 0 aromatic heterocycles. The molecule has 0 radical (unpaired) electrons. The number of rotatable bonds is 10. The van der Waals surface area contributed by atoms with Gasteiger partial charge in [-0.15, -0.1) is 0 Å². The van der Waals surface area contributed by atoms with E-state index in [0.29, 0.717) is 19.1 Å². The highest BCUT2D eigenvalue weighted by Gasteiger charge is 2.17. The Morgan fingerprint density at radius 3 is 2.21 bits per heavy atom. The van der Waals surface area contributed by atoms with E-state index in [2.05, 4.69) is 73.7 Å². The van der Waals surface area contributed by atoms with Gasteiger partial charge in [0.05, 0.1) is 13.2 Å². The lowest BCUT2D eigenvalue weighted by atomic mass is 9.93. The van der Waals surface area contributed by atoms with Gasteiger partial charge in [-0.2, -0.15) is 0 Å². The molecule has 204 valence electrons. The number of benzene rings is 4. The summed E-state index contributed by atoms with van der Waals surface area (Å²) >= 11 is 6.52. The van der Waals surface area contributed by atoms with Crippen molar-refractivity contribution in [3.63, 3.8) is 0 Å². The Bertz CT molecular complexity index is 1240. The van der Waals surface area contributed by atoms with Crippen molar-refractivity contribution in [1.29, 1.82) is 0 Å². The summed E-state index contributed by atoms with van der Waals surface area (Å²) in [5.41, 5.74) is 11.8. The van der Waals surface area contributed by atoms with Crippen LogP contribution in [0.2, 0.25) is 5.02 Å². The molecule has 1 saturated heterocycles. The zero-order valence-electron chi connectivity index (χ0n) is 22.9. The topological polar surface area (TPSA) is 44.5 Å². The Kier molecular flexibility index (Phi) is 11.5. The maximum atomic E-state index is 6.52. The van der Waals surface area contributed by atoms with Crippen LogP contribution in [0.5, 0.6) is 5.75 Å². The van der Waals surface area contributed by atoms with Crippen LogP contribution in [0, 0.1) is 0 Å². The number of hydrogen-bond donors (Lipinski definition) is 1. The molecule has 0 saturated carbocycles. The first-order chi connectivity index (χ1) is 19.1. The first-order valence-electron chi connectivity index (χ1n) is 14.0. The first kappa shape index (κ1) is 28.9. The van der Waals surface area contributed by atoms with Gasteiger partial charge < -0.3 is 15.2 Å². The third-order valence-electron chi connectivity index (χ3n) is 7.17. The van der Waals surface area contributed by atoms with Gasteiger partial charge in [0.2, 0.25) is 0 Å². The van der Waals surface area contributed by atoms with Crippen molar-refractivity contribution < 1.29 is 9.47 Å². The first-order valence-corrected chi connectivity index (χ1v) is 14.4. The third kappa shape index (κ3) is 9.54. The van der Waals surface area contributed by atoms with Crippen LogP contribution in [0.25, 0.3) is 0 Å². The molecule has 2 unspecified atom stereocenters. The van der Waals surface area contributed by atoms with E-state index >= 15 is 0 Å². The Labute approximate surface area is 238 Å². The molecule has 0 amide bonds. The summed E-state index contributed by atoms with van der Waals surface area (Å²) in [6.45, 7) is 4.44. The van der Waals surface area contributed by atoms with Crippen molar-refractivity contribution in [3.05, 3.63) is 136 Å². The average Bonchev–Trinajstić information content (AvgIpc) is 3.50. The smallest absolute Gasteiger partial charge is 0.124 e. The summed E-state index contributed by atoms with van der Waals surface area (Å²) in [5, 5.41) is 0.838. The van der Waals surface area contributed by atoms with Crippen LogP contribution in [0.15, 0.2) is 103 Å². The molecule has 2 atom stereocenters. The Balaban J connectivity index is 0.000000379. The summed E-state index contributed by atoms with van der Waals surface area (Å²) in [5.74, 6) is 1.50. The summed E-state index contributed by atoms with van der Waals surface area (Å²) < 4.78 is 11.3. The normalized spacial score (nSPS) is 15.3. The molecule has 0 bridgehead atoms. The average molecular weight is 542 g/mol. The molecule has 0 aliphatic carbocycles. The number of halogens is 1. The number of aryl methyl sites for hydroxylation is 1. The number of hydrogen-bond acceptors (Lipinski definition) is 3. The standard InChI is InChI=1S/C28H31ClO2.C7H9N/c1-21(24-8-3-2-4-9-24)6-5-7-22-12-15-28(29)25(18-22)19-23-10-13-26(14-11-23)31-27-16-17-30-20-27;8-6-7-4-2-1-3-5-7/h2-4,8-15,18,21,27H,5-7,16-17,19-20H2,1H3;1-5H,6,8H2. The molecule has 5 rings (SSSR count). The van der Waals surface area contributed by atoms with Gasteiger partial charge in [-0.05, 0) is 77.6 Å². The molecule has 3 nitrogen and oxygen atoms in total. The predicted octanol–water partition coefficient (Wildman–Crippen LogP) is 8.37. The monoisotopic (exact) mass is 541 g/mol. The van der Waals surface area contributed by atoms with Crippen LogP contribution in [-0.2, 0) is 24.1 Å². The van der Waals surface area contributed by atoms with Crippen molar-refractivity contribution in [2.75, 3.05) is 13.2 Å². The summed E-state index contributed by atoms with van der Waals surface area (Å²) in [6, 6.07) is 35.6. The van der Waals surface area contributed by atoms with Crippen molar-refractivity contribution in [3.8, 4) is 5.75 Å². The second-order valence-corrected chi connectivity index (χ2v) is 10.7. The van der Waals surface area contributed by atoms with E-state index in [4.69, 9.17) is 26.8 Å². The third-order valence-corrected chi connectivity index (χ3v) is 7.54. The van der Waals surface area contributed by atoms with Gasteiger partial charge in [0.25, 0.3) is 0 Å². The fraction of sp³-hybridized carbons (Fsp3) is 0.314. The van der Waals surface area contributed by atoms with Gasteiger partial charge in [0, 0.05) is 18.0 Å². The minimum atomic E-state index is 0.182. The van der Waals surface area contributed by atoms with E-state index in [-0.39, 0.29) is 6.10 Å². The molecule has 1 aliphatic rings. The zero-order chi connectivity index (χ0) is 27.3. The van der Waals surface area contributed by atoms with Crippen LogP contribution >= 0.6 is 11.6 Å². The SMILES string of the molecule is CC(CCCc1ccc(Cl)c(Cc2ccc(OC3CCOC3)cc2)c1)c1ccccc1.NCc1ccccc1. The highest BCUT2D eigenvalue weighted by atomic mass is 35.5. The molecule has 4 aromatic rings. The molecule has 1 aliphatic heterocycles. The molecule has 4 aromatic carbocycles. The second kappa shape index (κ2) is 15.5. The van der Waals surface area contributed by atoms with E-state index in [1.54, 1.807) is 0 Å². The number of ether oxygens (including phenoxy) is 2. The lowest BCUT2D eigenvalue weighted by Crippen LogP contribution is -2.15. The minimum absolute atomic E-state index is 0.182. The molecule has 0 spiro atoms. The molecule has 4 heteroatoms. The van der Waals surface area contributed by atoms with Crippen LogP contribution in [0.1, 0.15) is 59.9 Å². The lowest BCUT2D eigenvalue weighted by Gasteiger charge is -2.13. The van der Waals surface area contributed by atoms with E-state index < -0.39 is 0 Å². The van der Waals surface area contributed by atoms with E-state index in [1.165, 1.54) is 40.7 Å². The van der Waals surface area contributed by atoms with E-state index in [9.17, 15) is 0 Å². The van der Waals surface area contributed by atoms with Gasteiger partial charge in [-0.3, -0.25) is 0 Å². The number of nitrogens with two attached hydrogens (primary N) is 1. The van der Waals surface area contributed by atoms with Crippen molar-refractivity contribution in [2.24, 2.45) is 5.73 Å². The fourth-order valence-electron chi connectivity index (χ4n) is 4.80. The van der Waals surface area contributed by atoms with Crippen molar-refractivity contribution >= 4 is 11.6 Å². The Hall–Kier alpha value is -3.11. The largest absolute Gasteiger partial charge is 0.488 e. The summed E-state index contributed by atoms with van der Waals surface area (Å²) in [6.07, 6.45) is 5.43. The van der Waals surface area contributed by atoms with Crippen LogP contribution in [0.4, 0.5) is 0 Å². The summed E-state index contributed by atoms with van der Waals surface area (Å²) in [7, 11) is 0. The van der Waals surface area contributed by atoms with Gasteiger partial charge in [-0.25, -0.2) is 0 Å². The highest BCUT2D eigenvalue weighted by molar-refractivity contribution is 6.31. The molecule has 1 fully saturated rings. The van der Waals surface area contributed by atoms with Crippen molar-refractivity contribution in [2.45, 2.75) is 57.6 Å². The minimum Gasteiger partial charge on any atom is -0.488 e. The van der Waals surface area contributed by atoms with Gasteiger partial charge in [0.1, 0.15) is 11.9 Å². The van der Waals surface area contributed by atoms with Gasteiger partial charge in [-0.1, -0.05) is 103 Å².